The van der Waals surface area contributed by atoms with Gasteiger partial charge in [-0.3, -0.25) is 0 Å². The summed E-state index contributed by atoms with van der Waals surface area (Å²) in [6.45, 7) is 3.08. The van der Waals surface area contributed by atoms with E-state index in [1.807, 2.05) is 12.4 Å². The second-order valence-corrected chi connectivity index (χ2v) is 6.03. The van der Waals surface area contributed by atoms with Crippen LogP contribution in [-0.4, -0.2) is 32.6 Å². The summed E-state index contributed by atoms with van der Waals surface area (Å²) in [6.07, 6.45) is 3.74. The Hall–Kier alpha value is -2.82. The maximum absolute atomic E-state index is 11.2. The van der Waals surface area contributed by atoms with Gasteiger partial charge in [-0.05, 0) is 47.7 Å². The summed E-state index contributed by atoms with van der Waals surface area (Å²) < 4.78 is 0. The van der Waals surface area contributed by atoms with Gasteiger partial charge in [0.15, 0.2) is 0 Å². The van der Waals surface area contributed by atoms with Crippen LogP contribution in [0, 0.1) is 6.92 Å². The number of nitrogens with one attached hydrogen (secondary N) is 1. The zero-order chi connectivity index (χ0) is 16.0. The number of aromatic amines is 1. The Morgan fingerprint density at radius 3 is 2.96 bits per heavy atom. The molecule has 1 aromatic carbocycles. The fourth-order valence-electron chi connectivity index (χ4n) is 3.19. The van der Waals surface area contributed by atoms with Crippen LogP contribution in [0.4, 0.5) is 4.79 Å². The number of pyridine rings is 1. The van der Waals surface area contributed by atoms with E-state index >= 15 is 0 Å². The van der Waals surface area contributed by atoms with Gasteiger partial charge in [0.1, 0.15) is 5.65 Å². The summed E-state index contributed by atoms with van der Waals surface area (Å²) in [5.74, 6) is 0. The molecule has 0 bridgehead atoms. The van der Waals surface area contributed by atoms with E-state index in [9.17, 15) is 9.90 Å². The number of aryl methyl sites for hydroxylation is 1. The van der Waals surface area contributed by atoms with E-state index < -0.39 is 6.09 Å². The highest BCUT2D eigenvalue weighted by Gasteiger charge is 2.20. The highest BCUT2D eigenvalue weighted by Crippen LogP contribution is 2.28. The molecular weight excluding hydrogens is 290 g/mol. The van der Waals surface area contributed by atoms with E-state index in [0.29, 0.717) is 13.1 Å². The molecule has 0 atom stereocenters. The standard InChI is InChI=1S/C18H17N3O2/c1-11-8-19-17-16(11)7-14(9-20-17)13-3-2-12-4-5-21(18(22)23)10-15(12)6-13/h2-3,6-9H,4-5,10H2,1H3,(H,19,20)(H,22,23). The van der Waals surface area contributed by atoms with Crippen molar-refractivity contribution >= 4 is 17.1 Å². The molecule has 1 aliphatic rings. The quantitative estimate of drug-likeness (QED) is 0.722. The molecule has 0 spiro atoms. The minimum absolute atomic E-state index is 0.456. The van der Waals surface area contributed by atoms with Gasteiger partial charge in [0.05, 0.1) is 0 Å². The van der Waals surface area contributed by atoms with Crippen molar-refractivity contribution in [3.8, 4) is 11.1 Å². The van der Waals surface area contributed by atoms with Gasteiger partial charge in [-0.25, -0.2) is 9.78 Å². The fourth-order valence-corrected chi connectivity index (χ4v) is 3.19. The molecule has 23 heavy (non-hydrogen) atoms. The number of rotatable bonds is 1. The first-order valence-electron chi connectivity index (χ1n) is 7.65. The van der Waals surface area contributed by atoms with Crippen LogP contribution in [0.5, 0.6) is 0 Å². The lowest BCUT2D eigenvalue weighted by Gasteiger charge is -2.26. The Balaban J connectivity index is 1.75. The van der Waals surface area contributed by atoms with Gasteiger partial charge in [-0.15, -0.1) is 0 Å². The van der Waals surface area contributed by atoms with E-state index in [1.165, 1.54) is 16.0 Å². The summed E-state index contributed by atoms with van der Waals surface area (Å²) in [6, 6.07) is 8.43. The summed E-state index contributed by atoms with van der Waals surface area (Å²) >= 11 is 0. The highest BCUT2D eigenvalue weighted by molar-refractivity contribution is 5.84. The van der Waals surface area contributed by atoms with Crippen molar-refractivity contribution in [2.75, 3.05) is 6.54 Å². The Morgan fingerprint density at radius 1 is 1.26 bits per heavy atom. The topological polar surface area (TPSA) is 69.2 Å². The molecule has 1 aliphatic heterocycles. The third-order valence-electron chi connectivity index (χ3n) is 4.56. The number of hydrogen-bond donors (Lipinski definition) is 2. The van der Waals surface area contributed by atoms with Gasteiger partial charge >= 0.3 is 6.09 Å². The SMILES string of the molecule is Cc1c[nH]c2ncc(-c3ccc4c(c3)CN(C(=O)O)CC4)cc12. The van der Waals surface area contributed by atoms with Crippen LogP contribution < -0.4 is 0 Å². The highest BCUT2D eigenvalue weighted by atomic mass is 16.4. The average molecular weight is 307 g/mol. The predicted octanol–water partition coefficient (Wildman–Crippen LogP) is 3.57. The summed E-state index contributed by atoms with van der Waals surface area (Å²) in [4.78, 5) is 20.3. The summed E-state index contributed by atoms with van der Waals surface area (Å²) in [7, 11) is 0. The Bertz CT molecular complexity index is 914. The maximum Gasteiger partial charge on any atom is 0.407 e. The van der Waals surface area contributed by atoms with Gasteiger partial charge in [0.2, 0.25) is 0 Å². The Morgan fingerprint density at radius 2 is 2.13 bits per heavy atom. The molecule has 0 radical (unpaired) electrons. The van der Waals surface area contributed by atoms with Crippen LogP contribution in [0.3, 0.4) is 0 Å². The van der Waals surface area contributed by atoms with Crippen LogP contribution in [0.25, 0.3) is 22.2 Å². The lowest BCUT2D eigenvalue weighted by molar-refractivity contribution is 0.140. The molecule has 5 heteroatoms. The monoisotopic (exact) mass is 307 g/mol. The maximum atomic E-state index is 11.2. The van der Waals surface area contributed by atoms with Crippen molar-refractivity contribution in [3.63, 3.8) is 0 Å². The van der Waals surface area contributed by atoms with E-state index in [1.54, 1.807) is 0 Å². The van der Waals surface area contributed by atoms with Crippen LogP contribution in [0.1, 0.15) is 16.7 Å². The summed E-state index contributed by atoms with van der Waals surface area (Å²) in [5.41, 5.74) is 6.51. The first-order chi connectivity index (χ1) is 11.1. The van der Waals surface area contributed by atoms with Crippen LogP contribution in [-0.2, 0) is 13.0 Å². The predicted molar refractivity (Wildman–Crippen MR) is 88.4 cm³/mol. The fraction of sp³-hybridized carbons (Fsp3) is 0.222. The third-order valence-corrected chi connectivity index (χ3v) is 4.56. The zero-order valence-corrected chi connectivity index (χ0v) is 12.8. The largest absolute Gasteiger partial charge is 0.465 e. The number of carbonyl (C=O) groups is 1. The van der Waals surface area contributed by atoms with Crippen molar-refractivity contribution in [1.82, 2.24) is 14.9 Å². The minimum Gasteiger partial charge on any atom is -0.465 e. The van der Waals surface area contributed by atoms with E-state index in [4.69, 9.17) is 0 Å². The molecule has 0 unspecified atom stereocenters. The van der Waals surface area contributed by atoms with Gasteiger partial charge < -0.3 is 15.0 Å². The van der Waals surface area contributed by atoms with E-state index in [0.717, 1.165) is 34.1 Å². The molecule has 0 aliphatic carbocycles. The number of nitrogens with zero attached hydrogens (tertiary/aromatic N) is 2. The minimum atomic E-state index is -0.855. The molecule has 0 fully saturated rings. The number of hydrogen-bond acceptors (Lipinski definition) is 2. The van der Waals surface area contributed by atoms with Crippen LogP contribution >= 0.6 is 0 Å². The summed E-state index contributed by atoms with van der Waals surface area (Å²) in [5, 5.41) is 10.3. The van der Waals surface area contributed by atoms with Gasteiger partial charge in [0.25, 0.3) is 0 Å². The van der Waals surface area contributed by atoms with Gasteiger partial charge in [0, 0.05) is 36.4 Å². The Labute approximate surface area is 133 Å². The molecule has 4 rings (SSSR count). The first-order valence-corrected chi connectivity index (χ1v) is 7.65. The number of fused-ring (bicyclic) bond motifs is 2. The Kier molecular flexibility index (Phi) is 3.08. The lowest BCUT2D eigenvalue weighted by atomic mass is 9.95. The number of carboxylic acid groups (broad SMARTS) is 1. The van der Waals surface area contributed by atoms with Gasteiger partial charge in [-0.2, -0.15) is 0 Å². The molecule has 3 heterocycles. The van der Waals surface area contributed by atoms with Crippen LogP contribution in [0.15, 0.2) is 36.7 Å². The number of amides is 1. The second-order valence-electron chi connectivity index (χ2n) is 6.03. The number of aromatic nitrogens is 2. The second kappa shape index (κ2) is 5.12. The smallest absolute Gasteiger partial charge is 0.407 e. The van der Waals surface area contributed by atoms with Crippen molar-refractivity contribution in [2.45, 2.75) is 19.9 Å². The molecule has 0 saturated carbocycles. The molecule has 2 N–H and O–H groups in total. The van der Waals surface area contributed by atoms with E-state index in [-0.39, 0.29) is 0 Å². The van der Waals surface area contributed by atoms with Crippen molar-refractivity contribution in [2.24, 2.45) is 0 Å². The number of benzene rings is 1. The molecule has 0 saturated heterocycles. The zero-order valence-electron chi connectivity index (χ0n) is 12.8. The lowest BCUT2D eigenvalue weighted by Crippen LogP contribution is -2.34. The van der Waals surface area contributed by atoms with Gasteiger partial charge in [-0.1, -0.05) is 12.1 Å². The van der Waals surface area contributed by atoms with Crippen molar-refractivity contribution in [1.29, 1.82) is 0 Å². The molecule has 1 amide bonds. The number of H-pyrrole nitrogens is 1. The molecular formula is C18H17N3O2. The normalized spacial score (nSPS) is 14.0. The molecule has 3 aromatic rings. The average Bonchev–Trinajstić information content (AvgIpc) is 2.94. The van der Waals surface area contributed by atoms with Crippen molar-refractivity contribution < 1.29 is 9.90 Å². The molecule has 5 nitrogen and oxygen atoms in total. The first kappa shape index (κ1) is 13.8. The van der Waals surface area contributed by atoms with Crippen molar-refractivity contribution in [3.05, 3.63) is 53.3 Å². The third kappa shape index (κ3) is 2.34. The molecule has 116 valence electrons. The molecule has 2 aromatic heterocycles. The van der Waals surface area contributed by atoms with E-state index in [2.05, 4.69) is 41.2 Å². The van der Waals surface area contributed by atoms with Crippen LogP contribution in [0.2, 0.25) is 0 Å².